The number of hydrogen-bond donors (Lipinski definition) is 4. The van der Waals surface area contributed by atoms with E-state index < -0.39 is 0 Å². The molecule has 0 aliphatic carbocycles. The fourth-order valence-electron chi connectivity index (χ4n) is 3.98. The predicted octanol–water partition coefficient (Wildman–Crippen LogP) is 4.08. The van der Waals surface area contributed by atoms with Crippen LogP contribution in [0.5, 0.6) is 5.75 Å². The summed E-state index contributed by atoms with van der Waals surface area (Å²) in [7, 11) is 0. The van der Waals surface area contributed by atoms with E-state index >= 15 is 0 Å². The van der Waals surface area contributed by atoms with Gasteiger partial charge in [-0.05, 0) is 89.4 Å². The molecule has 0 bridgehead atoms. The van der Waals surface area contributed by atoms with Gasteiger partial charge in [0.05, 0.1) is 18.5 Å². The molecule has 4 N–H and O–H groups in total. The van der Waals surface area contributed by atoms with E-state index in [0.717, 1.165) is 55.2 Å². The summed E-state index contributed by atoms with van der Waals surface area (Å²) in [5.41, 5.74) is 3.69. The van der Waals surface area contributed by atoms with Gasteiger partial charge in [0.2, 0.25) is 0 Å². The van der Waals surface area contributed by atoms with Crippen molar-refractivity contribution in [1.29, 1.82) is 0 Å². The monoisotopic (exact) mass is 545 g/mol. The standard InChI is InChI=1S/C25H29BrClN5O2/c26-24-10-20(27)1-2-23(24)25(33)31-14-19-7-18(13-29-12-17-3-5-28-11-17)8-22(9-19)34-6-4-21-15-30-16-32-21/h1-2,7-10,15-17,28-29H,3-6,11-14H2,(H,30,32)(H,31,33). The topological polar surface area (TPSA) is 91.1 Å². The van der Waals surface area contributed by atoms with Crippen LogP contribution in [0, 0.1) is 5.92 Å². The Kier molecular flexibility index (Phi) is 8.98. The van der Waals surface area contributed by atoms with Crippen molar-refractivity contribution in [3.8, 4) is 5.75 Å². The first-order chi connectivity index (χ1) is 16.6. The summed E-state index contributed by atoms with van der Waals surface area (Å²) < 4.78 is 6.71. The number of carbonyl (C=O) groups is 1. The minimum absolute atomic E-state index is 0.164. The molecule has 7 nitrogen and oxygen atoms in total. The van der Waals surface area contributed by atoms with Crippen LogP contribution in [-0.4, -0.2) is 42.1 Å². The van der Waals surface area contributed by atoms with Crippen LogP contribution < -0.4 is 20.7 Å². The van der Waals surface area contributed by atoms with Crippen LogP contribution in [0.1, 0.15) is 33.6 Å². The Labute approximate surface area is 213 Å². The Balaban J connectivity index is 1.39. The summed E-state index contributed by atoms with van der Waals surface area (Å²) in [5, 5.41) is 10.5. The van der Waals surface area contributed by atoms with Gasteiger partial charge in [0.15, 0.2) is 0 Å². The number of carbonyl (C=O) groups excluding carboxylic acids is 1. The number of aromatic nitrogens is 2. The van der Waals surface area contributed by atoms with Gasteiger partial charge < -0.3 is 25.7 Å². The third-order valence-corrected chi connectivity index (χ3v) is 6.67. The smallest absolute Gasteiger partial charge is 0.252 e. The van der Waals surface area contributed by atoms with Crippen molar-refractivity contribution in [2.75, 3.05) is 26.2 Å². The van der Waals surface area contributed by atoms with E-state index in [1.54, 1.807) is 30.7 Å². The molecule has 1 amide bonds. The maximum absolute atomic E-state index is 12.7. The molecule has 0 saturated carbocycles. The van der Waals surface area contributed by atoms with Gasteiger partial charge >= 0.3 is 0 Å². The van der Waals surface area contributed by atoms with Gasteiger partial charge in [0.1, 0.15) is 5.75 Å². The van der Waals surface area contributed by atoms with E-state index in [1.165, 1.54) is 6.42 Å². The first-order valence-electron chi connectivity index (χ1n) is 11.4. The van der Waals surface area contributed by atoms with Gasteiger partial charge in [0.25, 0.3) is 5.91 Å². The van der Waals surface area contributed by atoms with Crippen molar-refractivity contribution in [2.45, 2.75) is 25.9 Å². The van der Waals surface area contributed by atoms with Gasteiger partial charge in [0, 0.05) is 40.9 Å². The fraction of sp³-hybridized carbons (Fsp3) is 0.360. The molecule has 9 heteroatoms. The molecule has 0 radical (unpaired) electrons. The van der Waals surface area contributed by atoms with Crippen molar-refractivity contribution in [1.82, 2.24) is 25.9 Å². The number of aromatic amines is 1. The van der Waals surface area contributed by atoms with E-state index in [2.05, 4.69) is 54.0 Å². The molecule has 1 atom stereocenters. The highest BCUT2D eigenvalue weighted by Gasteiger charge is 2.14. The van der Waals surface area contributed by atoms with Crippen molar-refractivity contribution in [3.63, 3.8) is 0 Å². The Morgan fingerprint density at radius 1 is 1.21 bits per heavy atom. The Morgan fingerprint density at radius 3 is 2.79 bits per heavy atom. The van der Waals surface area contributed by atoms with Crippen LogP contribution in [0.25, 0.3) is 0 Å². The lowest BCUT2D eigenvalue weighted by molar-refractivity contribution is 0.0950. The summed E-state index contributed by atoms with van der Waals surface area (Å²) in [4.78, 5) is 19.8. The predicted molar refractivity (Wildman–Crippen MR) is 137 cm³/mol. The number of nitrogens with zero attached hydrogens (tertiary/aromatic N) is 1. The maximum Gasteiger partial charge on any atom is 0.252 e. The molecule has 180 valence electrons. The molecule has 1 saturated heterocycles. The molecule has 3 aromatic rings. The Morgan fingerprint density at radius 2 is 2.06 bits per heavy atom. The number of nitrogens with one attached hydrogen (secondary N) is 4. The normalized spacial score (nSPS) is 15.4. The van der Waals surface area contributed by atoms with Crippen molar-refractivity contribution in [3.05, 3.63) is 80.8 Å². The van der Waals surface area contributed by atoms with Crippen molar-refractivity contribution < 1.29 is 9.53 Å². The number of amides is 1. The summed E-state index contributed by atoms with van der Waals surface area (Å²) in [5.74, 6) is 1.30. The average Bonchev–Trinajstić information content (AvgIpc) is 3.52. The third-order valence-electron chi connectivity index (χ3n) is 5.77. The first-order valence-corrected chi connectivity index (χ1v) is 12.6. The first kappa shape index (κ1) is 24.7. The van der Waals surface area contributed by atoms with E-state index in [4.69, 9.17) is 16.3 Å². The molecule has 1 unspecified atom stereocenters. The van der Waals surface area contributed by atoms with Crippen LogP contribution in [0.2, 0.25) is 5.02 Å². The van der Waals surface area contributed by atoms with Crippen LogP contribution in [0.15, 0.2) is 53.4 Å². The minimum Gasteiger partial charge on any atom is -0.493 e. The maximum atomic E-state index is 12.7. The van der Waals surface area contributed by atoms with E-state index in [1.807, 2.05) is 6.07 Å². The van der Waals surface area contributed by atoms with E-state index in [-0.39, 0.29) is 5.91 Å². The molecule has 1 aliphatic heterocycles. The van der Waals surface area contributed by atoms with Crippen molar-refractivity contribution >= 4 is 33.4 Å². The zero-order chi connectivity index (χ0) is 23.8. The van der Waals surface area contributed by atoms with Crippen LogP contribution in [0.3, 0.4) is 0 Å². The summed E-state index contributed by atoms with van der Waals surface area (Å²) >= 11 is 9.41. The number of benzene rings is 2. The highest BCUT2D eigenvalue weighted by atomic mass is 79.9. The van der Waals surface area contributed by atoms with Crippen LogP contribution in [0.4, 0.5) is 0 Å². The molecule has 4 rings (SSSR count). The third kappa shape index (κ3) is 7.30. The number of H-pyrrole nitrogens is 1. The fourth-order valence-corrected chi connectivity index (χ4v) is 4.84. The number of ether oxygens (including phenoxy) is 1. The number of halogens is 2. The highest BCUT2D eigenvalue weighted by molar-refractivity contribution is 9.10. The summed E-state index contributed by atoms with van der Waals surface area (Å²) in [6.07, 6.45) is 5.42. The zero-order valence-corrected chi connectivity index (χ0v) is 21.2. The average molecular weight is 547 g/mol. The Bertz CT molecular complexity index is 1090. The summed E-state index contributed by atoms with van der Waals surface area (Å²) in [6, 6.07) is 11.3. The second kappa shape index (κ2) is 12.4. The van der Waals surface area contributed by atoms with Gasteiger partial charge in [-0.15, -0.1) is 0 Å². The number of hydrogen-bond acceptors (Lipinski definition) is 5. The van der Waals surface area contributed by atoms with Gasteiger partial charge in [-0.3, -0.25) is 4.79 Å². The zero-order valence-electron chi connectivity index (χ0n) is 18.9. The van der Waals surface area contributed by atoms with Gasteiger partial charge in [-0.25, -0.2) is 4.98 Å². The lowest BCUT2D eigenvalue weighted by atomic mass is 10.1. The van der Waals surface area contributed by atoms with Crippen molar-refractivity contribution in [2.24, 2.45) is 5.92 Å². The lowest BCUT2D eigenvalue weighted by Gasteiger charge is -2.14. The SMILES string of the molecule is O=C(NCc1cc(CNCC2CCNC2)cc(OCCc2cnc[nH]2)c1)c1ccc(Cl)cc1Br. The Hall–Kier alpha value is -2.39. The minimum atomic E-state index is -0.164. The number of imidazole rings is 1. The quantitative estimate of drug-likeness (QED) is 0.291. The largest absolute Gasteiger partial charge is 0.493 e. The van der Waals surface area contributed by atoms with E-state index in [9.17, 15) is 4.79 Å². The molecule has 1 aromatic heterocycles. The second-order valence-electron chi connectivity index (χ2n) is 8.46. The van der Waals surface area contributed by atoms with Gasteiger partial charge in [-0.2, -0.15) is 0 Å². The van der Waals surface area contributed by atoms with Crippen LogP contribution >= 0.6 is 27.5 Å². The van der Waals surface area contributed by atoms with Crippen LogP contribution in [-0.2, 0) is 19.5 Å². The van der Waals surface area contributed by atoms with E-state index in [0.29, 0.717) is 34.1 Å². The molecular formula is C25H29BrClN5O2. The second-order valence-corrected chi connectivity index (χ2v) is 9.75. The molecule has 2 aromatic carbocycles. The molecule has 34 heavy (non-hydrogen) atoms. The molecule has 2 heterocycles. The molecule has 0 spiro atoms. The highest BCUT2D eigenvalue weighted by Crippen LogP contribution is 2.22. The molecule has 1 fully saturated rings. The van der Waals surface area contributed by atoms with Gasteiger partial charge in [-0.1, -0.05) is 17.7 Å². The summed E-state index contributed by atoms with van der Waals surface area (Å²) in [6.45, 7) is 4.83. The number of rotatable bonds is 11. The lowest BCUT2D eigenvalue weighted by Crippen LogP contribution is -2.25. The molecular weight excluding hydrogens is 518 g/mol. The molecule has 1 aliphatic rings.